The van der Waals surface area contributed by atoms with Crippen molar-refractivity contribution in [2.75, 3.05) is 4.90 Å². The van der Waals surface area contributed by atoms with E-state index >= 15 is 4.39 Å². The van der Waals surface area contributed by atoms with E-state index in [4.69, 9.17) is 9.97 Å². The molecule has 0 bridgehead atoms. The van der Waals surface area contributed by atoms with E-state index < -0.39 is 11.6 Å². The Bertz CT molecular complexity index is 2280. The van der Waals surface area contributed by atoms with Crippen LogP contribution in [0.3, 0.4) is 0 Å². The molecule has 0 unspecified atom stereocenters. The summed E-state index contributed by atoms with van der Waals surface area (Å²) in [7, 11) is 0. The van der Waals surface area contributed by atoms with E-state index in [0.717, 1.165) is 33.5 Å². The first-order valence-corrected chi connectivity index (χ1v) is 14.9. The number of hydrogen-bond acceptors (Lipinski definition) is 2. The third kappa shape index (κ3) is 5.88. The quantitative estimate of drug-likeness (QED) is 0.124. The Morgan fingerprint density at radius 1 is 0.596 bits per heavy atom. The van der Waals surface area contributed by atoms with E-state index in [1.807, 2.05) is 95.9 Å². The van der Waals surface area contributed by atoms with Gasteiger partial charge in [0.05, 0.1) is 0 Å². The average molecular weight is 794 g/mol. The first-order valence-electron chi connectivity index (χ1n) is 14.9. The van der Waals surface area contributed by atoms with Crippen molar-refractivity contribution < 1.29 is 31.2 Å². The number of nitrogens with zero attached hydrogens (tertiary/aromatic N) is 3. The molecule has 47 heavy (non-hydrogen) atoms. The molecule has 0 spiro atoms. The number of anilines is 3. The molecular formula is C41H24AuF2N3. The summed E-state index contributed by atoms with van der Waals surface area (Å²) in [6, 6.07) is 51.8. The van der Waals surface area contributed by atoms with Crippen molar-refractivity contribution in [3.63, 3.8) is 0 Å². The van der Waals surface area contributed by atoms with Crippen LogP contribution in [0.2, 0.25) is 0 Å². The zero-order valence-electron chi connectivity index (χ0n) is 24.8. The number of hydrogen-bond donors (Lipinski definition) is 0. The fourth-order valence-corrected chi connectivity index (χ4v) is 5.90. The first kappa shape index (κ1) is 30.3. The molecule has 0 N–H and O–H groups in total. The molecule has 0 amide bonds. The Morgan fingerprint density at radius 3 is 2.13 bits per heavy atom. The molecule has 228 valence electrons. The molecule has 8 aromatic rings. The van der Waals surface area contributed by atoms with Gasteiger partial charge < -0.3 is 4.98 Å². The molecule has 0 atom stereocenters. The van der Waals surface area contributed by atoms with Crippen molar-refractivity contribution in [1.29, 1.82) is 0 Å². The van der Waals surface area contributed by atoms with Crippen LogP contribution in [0.25, 0.3) is 55.3 Å². The topological polar surface area (TPSA) is 30.2 Å². The van der Waals surface area contributed by atoms with Crippen LogP contribution < -0.4 is 9.88 Å². The Hall–Kier alpha value is -5.33. The molecule has 8 rings (SSSR count). The number of aromatic nitrogens is 2. The summed E-state index contributed by atoms with van der Waals surface area (Å²) in [6.07, 6.45) is 0. The molecular weight excluding hydrogens is 769 g/mol. The summed E-state index contributed by atoms with van der Waals surface area (Å²) >= 11 is 0. The Labute approximate surface area is 286 Å². The minimum atomic E-state index is -0.453. The van der Waals surface area contributed by atoms with Gasteiger partial charge in [-0.25, -0.2) is 14.3 Å². The normalized spacial score (nSPS) is 11.0. The van der Waals surface area contributed by atoms with Gasteiger partial charge in [0.15, 0.2) is 0 Å². The first-order chi connectivity index (χ1) is 22.6. The third-order valence-electron chi connectivity index (χ3n) is 8.01. The molecule has 0 saturated heterocycles. The number of halogens is 2. The van der Waals surface area contributed by atoms with Crippen LogP contribution in [0, 0.1) is 23.8 Å². The van der Waals surface area contributed by atoms with Gasteiger partial charge in [-0.3, -0.25) is 9.88 Å². The summed E-state index contributed by atoms with van der Waals surface area (Å²) in [5.41, 5.74) is 7.86. The number of para-hydroxylation sites is 1. The van der Waals surface area contributed by atoms with Gasteiger partial charge in [-0.05, 0) is 58.8 Å². The monoisotopic (exact) mass is 793 g/mol. The smallest absolute Gasteiger partial charge is 0.655 e. The van der Waals surface area contributed by atoms with Gasteiger partial charge in [0.2, 0.25) is 0 Å². The van der Waals surface area contributed by atoms with Gasteiger partial charge >= 0.3 is 22.4 Å². The van der Waals surface area contributed by atoms with Crippen molar-refractivity contribution in [1.82, 2.24) is 9.97 Å². The van der Waals surface area contributed by atoms with E-state index in [1.54, 1.807) is 6.07 Å². The molecule has 0 aliphatic rings. The second-order valence-electron chi connectivity index (χ2n) is 11.0. The maximum atomic E-state index is 15.4. The van der Waals surface area contributed by atoms with Gasteiger partial charge in [0.25, 0.3) is 0 Å². The van der Waals surface area contributed by atoms with Gasteiger partial charge in [-0.1, -0.05) is 72.3 Å². The molecule has 0 aliphatic carbocycles. The zero-order valence-corrected chi connectivity index (χ0v) is 26.9. The number of pyridine rings is 1. The summed E-state index contributed by atoms with van der Waals surface area (Å²) in [6.45, 7) is 0. The Morgan fingerprint density at radius 2 is 1.34 bits per heavy atom. The standard InChI is InChI=1S/C41H24F2N3.Au/c42-32-19-20-38-35(24-32)36-25-33(43)26-39(41(36)45-38)46(34-15-8-3-9-16-34)40-18-10-17-37(44-40)31-22-29(27-11-4-1-5-12-27)21-30(23-31)28-13-6-2-7-14-28;/h1-13,15-22,24-26H;/q-3;+3. The van der Waals surface area contributed by atoms with Gasteiger partial charge in [-0.15, -0.1) is 28.7 Å². The van der Waals surface area contributed by atoms with Crippen LogP contribution in [0.15, 0.2) is 146 Å². The summed E-state index contributed by atoms with van der Waals surface area (Å²) in [5, 5.41) is 1.09. The third-order valence-corrected chi connectivity index (χ3v) is 8.01. The zero-order chi connectivity index (χ0) is 31.0. The molecule has 6 aromatic carbocycles. The molecule has 0 aliphatic heterocycles. The van der Waals surface area contributed by atoms with Crippen LogP contribution in [-0.2, 0) is 22.4 Å². The van der Waals surface area contributed by atoms with Crippen molar-refractivity contribution in [3.05, 3.63) is 169 Å². The average Bonchev–Trinajstić information content (AvgIpc) is 3.47. The molecule has 2 aromatic heterocycles. The number of rotatable bonds is 6. The van der Waals surface area contributed by atoms with E-state index in [-0.39, 0.29) is 22.4 Å². The van der Waals surface area contributed by atoms with Crippen molar-refractivity contribution in [3.8, 4) is 33.5 Å². The van der Waals surface area contributed by atoms with Gasteiger partial charge in [0.1, 0.15) is 17.5 Å². The summed E-state index contributed by atoms with van der Waals surface area (Å²) in [5.74, 6) is -0.283. The molecule has 0 fully saturated rings. The summed E-state index contributed by atoms with van der Waals surface area (Å²) in [4.78, 5) is 11.9. The number of fused-ring (bicyclic) bond motifs is 3. The molecule has 0 saturated carbocycles. The second-order valence-corrected chi connectivity index (χ2v) is 11.0. The van der Waals surface area contributed by atoms with Crippen molar-refractivity contribution in [2.24, 2.45) is 0 Å². The molecule has 3 nitrogen and oxygen atoms in total. The van der Waals surface area contributed by atoms with Crippen LogP contribution in [0.4, 0.5) is 26.0 Å². The maximum absolute atomic E-state index is 15.4. The van der Waals surface area contributed by atoms with Crippen LogP contribution in [0.1, 0.15) is 0 Å². The Balaban J connectivity index is 0.00000351. The largest absolute Gasteiger partial charge is 3.00 e. The minimum Gasteiger partial charge on any atom is -0.655 e. The molecule has 0 radical (unpaired) electrons. The van der Waals surface area contributed by atoms with E-state index in [2.05, 4.69) is 36.4 Å². The SMILES string of the molecule is Fc1ccc2[n-]c3c(N(c4ccccc4)c4cccc(-c5[c-]c(-c6[c-]cccc6)cc(-c6ccccc6)c5)n4)cc(F)cc3c2c1.[Au+3]. The van der Waals surface area contributed by atoms with Crippen LogP contribution >= 0.6 is 0 Å². The molecule has 6 heteroatoms. The maximum Gasteiger partial charge on any atom is 3.00 e. The van der Waals surface area contributed by atoms with Crippen LogP contribution in [-0.4, -0.2) is 4.98 Å². The fraction of sp³-hybridized carbons (Fsp3) is 0. The van der Waals surface area contributed by atoms with E-state index in [9.17, 15) is 4.39 Å². The summed E-state index contributed by atoms with van der Waals surface area (Å²) < 4.78 is 29.6. The van der Waals surface area contributed by atoms with Gasteiger partial charge in [0, 0.05) is 17.1 Å². The number of benzene rings is 6. The fourth-order valence-electron chi connectivity index (χ4n) is 5.90. The van der Waals surface area contributed by atoms with Crippen LogP contribution in [0.5, 0.6) is 0 Å². The minimum absolute atomic E-state index is 0. The predicted molar refractivity (Wildman–Crippen MR) is 181 cm³/mol. The second kappa shape index (κ2) is 12.8. The van der Waals surface area contributed by atoms with Gasteiger partial charge in [-0.2, -0.15) is 42.0 Å². The predicted octanol–water partition coefficient (Wildman–Crippen LogP) is 10.7. The Kier molecular flexibility index (Phi) is 8.27. The van der Waals surface area contributed by atoms with Crippen molar-refractivity contribution in [2.45, 2.75) is 0 Å². The molecule has 2 heterocycles. The van der Waals surface area contributed by atoms with E-state index in [0.29, 0.717) is 39.0 Å². The van der Waals surface area contributed by atoms with E-state index in [1.165, 1.54) is 24.3 Å². The van der Waals surface area contributed by atoms with Crippen molar-refractivity contribution >= 4 is 39.0 Å².